The maximum Gasteiger partial charge on any atom is 0.307 e. The maximum absolute atomic E-state index is 11.2. The van der Waals surface area contributed by atoms with Crippen molar-refractivity contribution in [2.24, 2.45) is 0 Å². The fraction of sp³-hybridized carbons (Fsp3) is 0.333. The summed E-state index contributed by atoms with van der Waals surface area (Å²) in [6.45, 7) is 3.46. The Balaban J connectivity index is 2.05. The second kappa shape index (κ2) is 3.79. The van der Waals surface area contributed by atoms with Gasteiger partial charge in [-0.3, -0.25) is 4.79 Å². The van der Waals surface area contributed by atoms with E-state index in [9.17, 15) is 4.79 Å². The number of nitrogens with zero attached hydrogens (tertiary/aromatic N) is 3. The monoisotopic (exact) mass is 209 g/mol. The summed E-state index contributed by atoms with van der Waals surface area (Å²) < 4.78 is 3.74. The van der Waals surface area contributed by atoms with E-state index in [0.717, 1.165) is 12.4 Å². The van der Waals surface area contributed by atoms with Crippen molar-refractivity contribution in [2.75, 3.05) is 0 Å². The van der Waals surface area contributed by atoms with Gasteiger partial charge in [-0.05, 0) is 6.92 Å². The van der Waals surface area contributed by atoms with E-state index in [4.69, 9.17) is 0 Å². The molecule has 0 atom stereocenters. The van der Waals surface area contributed by atoms with Crippen LogP contribution in [0.15, 0.2) is 28.8 Å². The van der Waals surface area contributed by atoms with Crippen LogP contribution in [0.3, 0.4) is 0 Å². The zero-order valence-corrected chi connectivity index (χ0v) is 8.70. The van der Waals surface area contributed by atoms with Gasteiger partial charge in [0, 0.05) is 37.1 Å². The number of aromatic nitrogens is 3. The first-order chi connectivity index (χ1) is 6.77. The molecular formula is C9H11N3OS. The van der Waals surface area contributed by atoms with Gasteiger partial charge in [0.2, 0.25) is 0 Å². The highest BCUT2D eigenvalue weighted by Gasteiger charge is 1.99. The van der Waals surface area contributed by atoms with Crippen LogP contribution in [-0.4, -0.2) is 14.1 Å². The zero-order valence-electron chi connectivity index (χ0n) is 7.88. The van der Waals surface area contributed by atoms with Crippen molar-refractivity contribution in [3.8, 4) is 0 Å². The first-order valence-corrected chi connectivity index (χ1v) is 5.27. The van der Waals surface area contributed by atoms with E-state index in [1.807, 2.05) is 29.3 Å². The number of imidazole rings is 1. The second-order valence-corrected chi connectivity index (χ2v) is 3.89. The molecule has 2 aromatic heterocycles. The quantitative estimate of drug-likeness (QED) is 0.759. The fourth-order valence-electron chi connectivity index (χ4n) is 1.31. The third-order valence-electron chi connectivity index (χ3n) is 2.15. The Morgan fingerprint density at radius 3 is 2.71 bits per heavy atom. The molecule has 0 aliphatic carbocycles. The number of hydrogen-bond acceptors (Lipinski definition) is 3. The van der Waals surface area contributed by atoms with Gasteiger partial charge in [-0.2, -0.15) is 0 Å². The van der Waals surface area contributed by atoms with Gasteiger partial charge >= 0.3 is 4.87 Å². The molecule has 4 nitrogen and oxygen atoms in total. The summed E-state index contributed by atoms with van der Waals surface area (Å²) in [6.07, 6.45) is 5.51. The zero-order chi connectivity index (χ0) is 9.97. The van der Waals surface area contributed by atoms with E-state index in [-0.39, 0.29) is 4.87 Å². The van der Waals surface area contributed by atoms with Gasteiger partial charge in [-0.15, -0.1) is 0 Å². The predicted octanol–water partition coefficient (Wildman–Crippen LogP) is 1.11. The van der Waals surface area contributed by atoms with E-state index in [2.05, 4.69) is 4.98 Å². The number of hydrogen-bond donors (Lipinski definition) is 0. The molecule has 2 aromatic rings. The summed E-state index contributed by atoms with van der Waals surface area (Å²) in [5, 5.41) is 1.81. The first-order valence-electron chi connectivity index (χ1n) is 4.39. The highest BCUT2D eigenvalue weighted by Crippen LogP contribution is 1.97. The third kappa shape index (κ3) is 1.77. The highest BCUT2D eigenvalue weighted by molar-refractivity contribution is 7.07. The maximum atomic E-state index is 11.2. The fourth-order valence-corrected chi connectivity index (χ4v) is 1.92. The van der Waals surface area contributed by atoms with E-state index in [0.29, 0.717) is 6.54 Å². The Kier molecular flexibility index (Phi) is 2.49. The molecule has 74 valence electrons. The van der Waals surface area contributed by atoms with E-state index in [1.54, 1.807) is 10.8 Å². The smallest absolute Gasteiger partial charge is 0.307 e. The lowest BCUT2D eigenvalue weighted by Crippen LogP contribution is -2.16. The summed E-state index contributed by atoms with van der Waals surface area (Å²) in [4.78, 5) is 15.4. The molecule has 14 heavy (non-hydrogen) atoms. The Bertz CT molecular complexity index is 468. The average molecular weight is 209 g/mol. The topological polar surface area (TPSA) is 39.8 Å². The summed E-state index contributed by atoms with van der Waals surface area (Å²) >= 11 is 1.23. The van der Waals surface area contributed by atoms with Gasteiger partial charge in [0.1, 0.15) is 5.82 Å². The molecular weight excluding hydrogens is 198 g/mol. The minimum atomic E-state index is 0.0998. The number of thiazole rings is 1. The standard InChI is InChI=1S/C9H11N3OS/c1-8-10-2-3-11(8)4-5-12-6-7-14-9(12)13/h2-3,6-7H,4-5H2,1H3. The molecule has 0 bridgehead atoms. The van der Waals surface area contributed by atoms with Crippen molar-refractivity contribution in [1.82, 2.24) is 14.1 Å². The van der Waals surface area contributed by atoms with Crippen LogP contribution in [0.5, 0.6) is 0 Å². The van der Waals surface area contributed by atoms with Crippen molar-refractivity contribution in [1.29, 1.82) is 0 Å². The Hall–Kier alpha value is -1.36. The molecule has 0 fully saturated rings. The lowest BCUT2D eigenvalue weighted by atomic mass is 10.5. The van der Waals surface area contributed by atoms with Crippen LogP contribution in [0.25, 0.3) is 0 Å². The molecule has 0 unspecified atom stereocenters. The van der Waals surface area contributed by atoms with Crippen LogP contribution >= 0.6 is 11.3 Å². The molecule has 2 rings (SSSR count). The predicted molar refractivity (Wildman–Crippen MR) is 55.5 cm³/mol. The van der Waals surface area contributed by atoms with Gasteiger partial charge in [-0.1, -0.05) is 11.3 Å². The van der Waals surface area contributed by atoms with Gasteiger partial charge < -0.3 is 9.13 Å². The first kappa shape index (κ1) is 9.21. The van der Waals surface area contributed by atoms with E-state index >= 15 is 0 Å². The van der Waals surface area contributed by atoms with Crippen molar-refractivity contribution >= 4 is 11.3 Å². The summed E-state index contributed by atoms with van der Waals surface area (Å²) in [5.74, 6) is 0.980. The molecule has 0 saturated carbocycles. The number of aryl methyl sites for hydroxylation is 3. The Morgan fingerprint density at radius 2 is 2.14 bits per heavy atom. The van der Waals surface area contributed by atoms with Gasteiger partial charge in [0.05, 0.1) is 0 Å². The van der Waals surface area contributed by atoms with Crippen molar-refractivity contribution in [3.63, 3.8) is 0 Å². The summed E-state index contributed by atoms with van der Waals surface area (Å²) in [5.41, 5.74) is 0. The van der Waals surface area contributed by atoms with Crippen LogP contribution in [-0.2, 0) is 13.1 Å². The van der Waals surface area contributed by atoms with Crippen LogP contribution in [0.2, 0.25) is 0 Å². The molecule has 0 saturated heterocycles. The summed E-state index contributed by atoms with van der Waals surface area (Å²) in [6, 6.07) is 0. The van der Waals surface area contributed by atoms with Gasteiger partial charge in [0.15, 0.2) is 0 Å². The molecule has 2 heterocycles. The van der Waals surface area contributed by atoms with Gasteiger partial charge in [-0.25, -0.2) is 4.98 Å². The van der Waals surface area contributed by atoms with Crippen molar-refractivity contribution in [2.45, 2.75) is 20.0 Å². The largest absolute Gasteiger partial charge is 0.333 e. The van der Waals surface area contributed by atoms with Crippen LogP contribution in [0.1, 0.15) is 5.82 Å². The normalized spacial score (nSPS) is 10.6. The molecule has 0 amide bonds. The average Bonchev–Trinajstić information content (AvgIpc) is 2.72. The lowest BCUT2D eigenvalue weighted by Gasteiger charge is -2.04. The Morgan fingerprint density at radius 1 is 1.36 bits per heavy atom. The second-order valence-electron chi connectivity index (χ2n) is 3.03. The lowest BCUT2D eigenvalue weighted by molar-refractivity contribution is 0.563. The summed E-state index contributed by atoms with van der Waals surface area (Å²) in [7, 11) is 0. The molecule has 0 aromatic carbocycles. The van der Waals surface area contributed by atoms with Gasteiger partial charge in [0.25, 0.3) is 0 Å². The molecule has 0 radical (unpaired) electrons. The van der Waals surface area contributed by atoms with Crippen LogP contribution in [0, 0.1) is 6.92 Å². The Labute approximate surface area is 85.5 Å². The molecule has 0 N–H and O–H groups in total. The molecule has 0 aliphatic heterocycles. The molecule has 0 spiro atoms. The van der Waals surface area contributed by atoms with E-state index < -0.39 is 0 Å². The minimum absolute atomic E-state index is 0.0998. The molecule has 5 heteroatoms. The third-order valence-corrected chi connectivity index (χ3v) is 2.84. The number of rotatable bonds is 3. The van der Waals surface area contributed by atoms with Crippen molar-refractivity contribution < 1.29 is 0 Å². The SMILES string of the molecule is Cc1nccn1CCn1ccsc1=O. The van der Waals surface area contributed by atoms with Crippen LogP contribution in [0.4, 0.5) is 0 Å². The highest BCUT2D eigenvalue weighted by atomic mass is 32.1. The van der Waals surface area contributed by atoms with E-state index in [1.165, 1.54) is 11.3 Å². The van der Waals surface area contributed by atoms with Crippen LogP contribution < -0.4 is 4.87 Å². The molecule has 0 aliphatic rings. The van der Waals surface area contributed by atoms with Crippen molar-refractivity contribution in [3.05, 3.63) is 39.5 Å². The minimum Gasteiger partial charge on any atom is -0.333 e.